The van der Waals surface area contributed by atoms with Gasteiger partial charge < -0.3 is 85.5 Å². The molecule has 30 nitrogen and oxygen atoms in total. The number of amides is 5. The fraction of sp³-hybridized carbons (Fsp3) is 0.698. The Balaban J connectivity index is 2.66. The largest absolute Gasteiger partial charge is 0.481 e. The van der Waals surface area contributed by atoms with Crippen molar-refractivity contribution < 1.29 is 102 Å². The SMILES string of the molecule is O=C(O)CCCNCCOCCN(CCOCCNC(=O)CCC(=O)O)CC(=O)NCCOCCN(CCOCCNC(=O)CN(CCOCCNC(=O)CCC(=O)O)CCOCCNC(=O)CCC(=O)O)CC(=O)OCc1ccccc1. The second-order valence-corrected chi connectivity index (χ2v) is 18.3. The predicted octanol–water partition coefficient (Wildman–Crippen LogP) is -2.63. The van der Waals surface area contributed by atoms with Crippen molar-refractivity contribution >= 4 is 59.4 Å². The van der Waals surface area contributed by atoms with Crippen LogP contribution in [0.1, 0.15) is 56.9 Å². The van der Waals surface area contributed by atoms with Crippen molar-refractivity contribution in [2.24, 2.45) is 0 Å². The van der Waals surface area contributed by atoms with E-state index in [9.17, 15) is 47.9 Å². The number of hydrogen-bond donors (Lipinski definition) is 10. The Morgan fingerprint density at radius 1 is 0.349 bits per heavy atom. The third-order valence-electron chi connectivity index (χ3n) is 11.3. The molecular weight excluding hydrogens is 1100 g/mol. The van der Waals surface area contributed by atoms with Gasteiger partial charge in [-0.15, -0.1) is 0 Å². The molecule has 0 atom stereocenters. The molecule has 1 aromatic carbocycles. The lowest BCUT2D eigenvalue weighted by atomic mass is 10.2. The first-order chi connectivity index (χ1) is 40.0. The van der Waals surface area contributed by atoms with Gasteiger partial charge in [-0.05, 0) is 18.5 Å². The minimum atomic E-state index is -1.08. The molecule has 472 valence electrons. The number of carbonyl (C=O) groups is 10. The molecule has 0 saturated heterocycles. The third kappa shape index (κ3) is 49.8. The molecule has 0 spiro atoms. The topological polar surface area (TPSA) is 398 Å². The minimum Gasteiger partial charge on any atom is -0.481 e. The molecule has 0 aliphatic heterocycles. The van der Waals surface area contributed by atoms with Crippen LogP contribution in [0.3, 0.4) is 0 Å². The van der Waals surface area contributed by atoms with Crippen LogP contribution in [-0.2, 0) is 87.7 Å². The number of nitrogens with zero attached hydrogens (tertiary/aromatic N) is 3. The predicted molar refractivity (Wildman–Crippen MR) is 296 cm³/mol. The Morgan fingerprint density at radius 3 is 1.00 bits per heavy atom. The van der Waals surface area contributed by atoms with Gasteiger partial charge in [0.05, 0.1) is 118 Å². The van der Waals surface area contributed by atoms with E-state index in [1.165, 1.54) is 0 Å². The first-order valence-corrected chi connectivity index (χ1v) is 27.8. The van der Waals surface area contributed by atoms with Gasteiger partial charge in [0, 0.05) is 104 Å². The Morgan fingerprint density at radius 2 is 0.663 bits per heavy atom. The van der Waals surface area contributed by atoms with Crippen LogP contribution in [-0.4, -0.2) is 279 Å². The highest BCUT2D eigenvalue weighted by molar-refractivity contribution is 5.82. The van der Waals surface area contributed by atoms with Crippen LogP contribution in [0.15, 0.2) is 30.3 Å². The number of ether oxygens (including phenoxy) is 7. The van der Waals surface area contributed by atoms with Crippen LogP contribution in [0.4, 0.5) is 0 Å². The molecule has 1 rings (SSSR count). The van der Waals surface area contributed by atoms with Gasteiger partial charge in [-0.2, -0.15) is 0 Å². The van der Waals surface area contributed by atoms with Gasteiger partial charge in [0.25, 0.3) is 0 Å². The molecular formula is C53H89N9O21. The summed E-state index contributed by atoms with van der Waals surface area (Å²) in [5, 5.41) is 51.6. The van der Waals surface area contributed by atoms with Gasteiger partial charge >= 0.3 is 29.8 Å². The summed E-state index contributed by atoms with van der Waals surface area (Å²) in [5.74, 6) is -6.35. The number of carboxylic acid groups (broad SMARTS) is 4. The monoisotopic (exact) mass is 1190 g/mol. The summed E-state index contributed by atoms with van der Waals surface area (Å²) in [6.45, 7) is 6.55. The zero-order valence-corrected chi connectivity index (χ0v) is 47.6. The molecule has 30 heteroatoms. The lowest BCUT2D eigenvalue weighted by Gasteiger charge is -2.22. The molecule has 0 heterocycles. The van der Waals surface area contributed by atoms with E-state index in [1.54, 1.807) is 9.80 Å². The van der Waals surface area contributed by atoms with E-state index < -0.39 is 47.6 Å². The highest BCUT2D eigenvalue weighted by atomic mass is 16.5. The molecule has 0 radical (unpaired) electrons. The van der Waals surface area contributed by atoms with Crippen molar-refractivity contribution in [3.8, 4) is 0 Å². The quantitative estimate of drug-likeness (QED) is 0.0235. The molecule has 0 unspecified atom stereocenters. The summed E-state index contributed by atoms with van der Waals surface area (Å²) in [6, 6.07) is 9.22. The number of hydrogen-bond acceptors (Lipinski definition) is 21. The van der Waals surface area contributed by atoms with Crippen LogP contribution in [0.2, 0.25) is 0 Å². The fourth-order valence-corrected chi connectivity index (χ4v) is 6.94. The Bertz CT molecular complexity index is 1950. The van der Waals surface area contributed by atoms with E-state index in [2.05, 4.69) is 31.9 Å². The standard InChI is InChI=1S/C53H89N9O21/c63-44(8-11-50(70)71)55-16-28-78-34-22-60(21-33-77-27-15-54-14-4-7-49(68)69)39-47(66)58-19-31-81-37-25-62(41-53(76)83-42-43-5-2-1-3-6-43)26-38-82-32-20-59-48(67)40-61(23-35-79-29-17-56-45(64)9-12-51(72)73)24-36-80-30-18-57-46(65)10-13-52(74)75/h1-3,5-6,54H,4,7-42H2,(H,55,63)(H,56,64)(H,57,65)(H,58,66)(H,59,67)(H,68,69)(H,70,71)(H,72,73)(H,74,75). The number of carbonyl (C=O) groups excluding carboxylic acids is 6. The van der Waals surface area contributed by atoms with Crippen LogP contribution in [0, 0.1) is 0 Å². The smallest absolute Gasteiger partial charge is 0.320 e. The molecule has 0 aliphatic carbocycles. The van der Waals surface area contributed by atoms with Crippen molar-refractivity contribution in [2.45, 2.75) is 58.0 Å². The summed E-state index contributed by atoms with van der Waals surface area (Å²) in [5.41, 5.74) is 0.826. The van der Waals surface area contributed by atoms with E-state index in [4.69, 9.17) is 53.6 Å². The zero-order valence-electron chi connectivity index (χ0n) is 47.6. The van der Waals surface area contributed by atoms with Crippen molar-refractivity contribution in [1.29, 1.82) is 0 Å². The van der Waals surface area contributed by atoms with Gasteiger partial charge in [0.15, 0.2) is 0 Å². The number of rotatable bonds is 57. The maximum Gasteiger partial charge on any atom is 0.320 e. The van der Waals surface area contributed by atoms with Gasteiger partial charge in [-0.25, -0.2) is 0 Å². The summed E-state index contributed by atoms with van der Waals surface area (Å²) in [4.78, 5) is 123. The summed E-state index contributed by atoms with van der Waals surface area (Å²) < 4.78 is 39.7. The summed E-state index contributed by atoms with van der Waals surface area (Å²) >= 11 is 0. The molecule has 0 bridgehead atoms. The van der Waals surface area contributed by atoms with Gasteiger partial charge in [0.2, 0.25) is 29.5 Å². The van der Waals surface area contributed by atoms with Crippen molar-refractivity contribution in [3.05, 3.63) is 35.9 Å². The first kappa shape index (κ1) is 74.5. The number of benzene rings is 1. The second-order valence-electron chi connectivity index (χ2n) is 18.3. The lowest BCUT2D eigenvalue weighted by molar-refractivity contribution is -0.147. The Kier molecular flexibility index (Phi) is 46.0. The van der Waals surface area contributed by atoms with Gasteiger partial charge in [0.1, 0.15) is 6.61 Å². The summed E-state index contributed by atoms with van der Waals surface area (Å²) in [6.07, 6.45) is -0.718. The minimum absolute atomic E-state index is 0.0229. The third-order valence-corrected chi connectivity index (χ3v) is 11.3. The van der Waals surface area contributed by atoms with E-state index in [0.29, 0.717) is 72.0 Å². The molecule has 5 amide bonds. The Hall–Kier alpha value is -6.48. The first-order valence-electron chi connectivity index (χ1n) is 27.8. The van der Waals surface area contributed by atoms with Crippen LogP contribution in [0.5, 0.6) is 0 Å². The van der Waals surface area contributed by atoms with Gasteiger partial charge in [-0.1, -0.05) is 30.3 Å². The van der Waals surface area contributed by atoms with Crippen molar-refractivity contribution in [2.75, 3.05) is 184 Å². The lowest BCUT2D eigenvalue weighted by Crippen LogP contribution is -2.42. The van der Waals surface area contributed by atoms with E-state index >= 15 is 0 Å². The van der Waals surface area contributed by atoms with Crippen LogP contribution >= 0.6 is 0 Å². The van der Waals surface area contributed by atoms with Gasteiger partial charge in [-0.3, -0.25) is 62.6 Å². The highest BCUT2D eigenvalue weighted by Crippen LogP contribution is 2.02. The number of esters is 1. The van der Waals surface area contributed by atoms with E-state index in [1.807, 2.05) is 35.2 Å². The molecule has 10 N–H and O–H groups in total. The fourth-order valence-electron chi connectivity index (χ4n) is 6.94. The molecule has 0 fully saturated rings. The average Bonchev–Trinajstić information content (AvgIpc) is 3.44. The van der Waals surface area contributed by atoms with Crippen LogP contribution < -0.4 is 31.9 Å². The molecule has 0 aromatic heterocycles. The molecule has 0 aliphatic rings. The van der Waals surface area contributed by atoms with E-state index in [-0.39, 0.29) is 182 Å². The normalized spacial score (nSPS) is 11.1. The number of aliphatic carboxylic acids is 4. The highest BCUT2D eigenvalue weighted by Gasteiger charge is 2.16. The van der Waals surface area contributed by atoms with E-state index in [0.717, 1.165) is 5.56 Å². The van der Waals surface area contributed by atoms with Crippen molar-refractivity contribution in [1.82, 2.24) is 46.6 Å². The van der Waals surface area contributed by atoms with Crippen LogP contribution in [0.25, 0.3) is 0 Å². The molecule has 1 aromatic rings. The molecule has 0 saturated carbocycles. The molecule has 83 heavy (non-hydrogen) atoms. The number of nitrogens with one attached hydrogen (secondary N) is 6. The van der Waals surface area contributed by atoms with Crippen molar-refractivity contribution in [3.63, 3.8) is 0 Å². The summed E-state index contributed by atoms with van der Waals surface area (Å²) in [7, 11) is 0. The maximum atomic E-state index is 13.0. The number of carboxylic acids is 4. The second kappa shape index (κ2) is 51.2. The average molecular weight is 1190 g/mol. The maximum absolute atomic E-state index is 13.0. The Labute approximate surface area is 484 Å². The zero-order chi connectivity index (χ0) is 61.0.